The molecule has 3 aromatic rings. The maximum absolute atomic E-state index is 12.8. The normalized spacial score (nSPS) is 20.2. The molecule has 36 heavy (non-hydrogen) atoms. The fourth-order valence-corrected chi connectivity index (χ4v) is 4.97. The Bertz CT molecular complexity index is 1320. The number of piperidine rings is 1. The highest BCUT2D eigenvalue weighted by Crippen LogP contribution is 2.31. The summed E-state index contributed by atoms with van der Waals surface area (Å²) in [5.74, 6) is -0.164. The number of aromatic nitrogens is 2. The Labute approximate surface area is 208 Å². The number of hydrogen-bond donors (Lipinski definition) is 1. The molecule has 6 rings (SSSR count). The second kappa shape index (κ2) is 9.16. The number of benzene rings is 2. The molecule has 2 fully saturated rings. The second-order valence-corrected chi connectivity index (χ2v) is 9.41. The van der Waals surface area contributed by atoms with Crippen molar-refractivity contribution in [3.63, 3.8) is 0 Å². The zero-order valence-corrected chi connectivity index (χ0v) is 19.6. The summed E-state index contributed by atoms with van der Waals surface area (Å²) in [6, 6.07) is 14.8. The van der Waals surface area contributed by atoms with Gasteiger partial charge in [-0.1, -0.05) is 30.3 Å². The lowest BCUT2D eigenvalue weighted by molar-refractivity contribution is -0.136. The first-order valence-electron chi connectivity index (χ1n) is 12.1. The number of ether oxygens (including phenoxy) is 1. The number of amides is 3. The van der Waals surface area contributed by atoms with E-state index in [-0.39, 0.29) is 24.3 Å². The minimum absolute atomic E-state index is 0.0583. The van der Waals surface area contributed by atoms with Gasteiger partial charge in [0, 0.05) is 43.7 Å². The van der Waals surface area contributed by atoms with Crippen molar-refractivity contribution in [2.45, 2.75) is 38.1 Å². The molecule has 0 spiro atoms. The van der Waals surface area contributed by atoms with Crippen LogP contribution in [0, 0.1) is 0 Å². The van der Waals surface area contributed by atoms with Crippen LogP contribution in [0.1, 0.15) is 34.5 Å². The van der Waals surface area contributed by atoms with Gasteiger partial charge in [-0.15, -0.1) is 0 Å². The van der Waals surface area contributed by atoms with Crippen LogP contribution >= 0.6 is 0 Å². The van der Waals surface area contributed by atoms with Gasteiger partial charge >= 0.3 is 0 Å². The zero-order valence-electron chi connectivity index (χ0n) is 19.6. The van der Waals surface area contributed by atoms with E-state index >= 15 is 0 Å². The molecule has 0 aliphatic carbocycles. The fraction of sp³-hybridized carbons (Fsp3) is 0.296. The highest BCUT2D eigenvalue weighted by molar-refractivity contribution is 6.05. The average Bonchev–Trinajstić information content (AvgIpc) is 3.19. The molecular weight excluding hydrogens is 458 g/mol. The lowest BCUT2D eigenvalue weighted by Crippen LogP contribution is -2.53. The van der Waals surface area contributed by atoms with Gasteiger partial charge in [0.1, 0.15) is 17.9 Å². The number of hydrogen-bond acceptors (Lipinski definition) is 7. The molecule has 0 radical (unpaired) electrons. The maximum Gasteiger partial charge on any atom is 0.255 e. The van der Waals surface area contributed by atoms with Crippen molar-refractivity contribution >= 4 is 17.7 Å². The van der Waals surface area contributed by atoms with Crippen LogP contribution < -0.4 is 10.1 Å². The van der Waals surface area contributed by atoms with E-state index in [0.717, 1.165) is 35.6 Å². The summed E-state index contributed by atoms with van der Waals surface area (Å²) in [7, 11) is 0. The largest absolute Gasteiger partial charge is 0.488 e. The van der Waals surface area contributed by atoms with Gasteiger partial charge in [-0.25, -0.2) is 0 Å². The van der Waals surface area contributed by atoms with E-state index in [0.29, 0.717) is 30.8 Å². The molecule has 3 aliphatic heterocycles. The topological polar surface area (TPSA) is 105 Å². The van der Waals surface area contributed by atoms with Crippen LogP contribution in [0.3, 0.4) is 0 Å². The predicted molar refractivity (Wildman–Crippen MR) is 130 cm³/mol. The first kappa shape index (κ1) is 22.4. The van der Waals surface area contributed by atoms with Crippen molar-refractivity contribution in [2.75, 3.05) is 13.1 Å². The smallest absolute Gasteiger partial charge is 0.255 e. The molecule has 3 amide bonds. The molecule has 2 aromatic carbocycles. The number of imide groups is 1. The van der Waals surface area contributed by atoms with Crippen LogP contribution in [0.4, 0.5) is 0 Å². The van der Waals surface area contributed by atoms with Crippen LogP contribution in [-0.4, -0.2) is 62.7 Å². The van der Waals surface area contributed by atoms with Gasteiger partial charge in [0.25, 0.3) is 5.91 Å². The molecule has 182 valence electrons. The summed E-state index contributed by atoms with van der Waals surface area (Å²) in [4.78, 5) is 49.4. The van der Waals surface area contributed by atoms with Crippen molar-refractivity contribution in [2.24, 2.45) is 0 Å². The van der Waals surface area contributed by atoms with Crippen LogP contribution in [0.25, 0.3) is 11.3 Å². The van der Waals surface area contributed by atoms with E-state index < -0.39 is 11.9 Å². The lowest BCUT2D eigenvalue weighted by atomic mass is 10.0. The summed E-state index contributed by atoms with van der Waals surface area (Å²) in [5, 5.41) is 2.33. The summed E-state index contributed by atoms with van der Waals surface area (Å²) in [5.41, 5.74) is 4.24. The molecule has 0 saturated carbocycles. The van der Waals surface area contributed by atoms with Crippen molar-refractivity contribution in [3.8, 4) is 17.0 Å². The highest BCUT2D eigenvalue weighted by Gasteiger charge is 2.39. The van der Waals surface area contributed by atoms with Gasteiger partial charge < -0.3 is 9.64 Å². The van der Waals surface area contributed by atoms with Crippen molar-refractivity contribution in [1.29, 1.82) is 0 Å². The van der Waals surface area contributed by atoms with Crippen molar-refractivity contribution in [3.05, 3.63) is 77.7 Å². The number of likely N-dealkylation sites (tertiary alicyclic amines) is 1. The maximum atomic E-state index is 12.8. The number of nitrogens with one attached hydrogen (secondary N) is 1. The average molecular weight is 484 g/mol. The second-order valence-electron chi connectivity index (χ2n) is 9.41. The number of carbonyl (C=O) groups excluding carboxylic acids is 3. The molecule has 2 saturated heterocycles. The summed E-state index contributed by atoms with van der Waals surface area (Å²) in [6.45, 7) is 2.61. The van der Waals surface area contributed by atoms with Gasteiger partial charge in [0.05, 0.1) is 23.8 Å². The summed E-state index contributed by atoms with van der Waals surface area (Å²) < 4.78 is 6.14. The third-order valence-electron chi connectivity index (χ3n) is 6.88. The number of fused-ring (bicyclic) bond motifs is 1. The third-order valence-corrected chi connectivity index (χ3v) is 6.88. The molecule has 0 bridgehead atoms. The number of nitrogens with zero attached hydrogens (tertiary/aromatic N) is 4. The van der Waals surface area contributed by atoms with Gasteiger partial charge in [0.2, 0.25) is 11.8 Å². The summed E-state index contributed by atoms with van der Waals surface area (Å²) in [6.07, 6.45) is 4.28. The Morgan fingerprint density at radius 2 is 1.83 bits per heavy atom. The lowest BCUT2D eigenvalue weighted by Gasteiger charge is -2.38. The number of rotatable bonds is 6. The third kappa shape index (κ3) is 4.33. The summed E-state index contributed by atoms with van der Waals surface area (Å²) >= 11 is 0. The fourth-order valence-electron chi connectivity index (χ4n) is 4.97. The minimum atomic E-state index is -0.614. The Morgan fingerprint density at radius 1 is 1.00 bits per heavy atom. The van der Waals surface area contributed by atoms with Crippen molar-refractivity contribution in [1.82, 2.24) is 25.1 Å². The zero-order chi connectivity index (χ0) is 24.6. The SMILES string of the molecule is O=C1CCC(N2Cc3cc(OC4CN(Cc5cnc(-c6ccccc6)cn5)C4)ccc3C2=O)C(=O)N1. The van der Waals surface area contributed by atoms with E-state index in [4.69, 9.17) is 4.74 Å². The standard InChI is InChI=1S/C27H25N5O4/c33-25-9-8-24(26(34)30-25)32-13-18-10-20(6-7-22(18)27(32)35)36-21-15-31(16-21)14-19-11-29-23(12-28-19)17-4-2-1-3-5-17/h1-7,10-12,21,24H,8-9,13-16H2,(H,30,33,34). The minimum Gasteiger partial charge on any atom is -0.488 e. The van der Waals surface area contributed by atoms with E-state index in [1.165, 1.54) is 0 Å². The number of carbonyl (C=O) groups is 3. The van der Waals surface area contributed by atoms with Gasteiger partial charge in [-0.3, -0.25) is 34.6 Å². The molecular formula is C27H25N5O4. The molecule has 1 N–H and O–H groups in total. The molecule has 1 unspecified atom stereocenters. The van der Waals surface area contributed by atoms with Crippen LogP contribution in [0.5, 0.6) is 5.75 Å². The van der Waals surface area contributed by atoms with Crippen LogP contribution in [0.15, 0.2) is 60.9 Å². The molecule has 9 nitrogen and oxygen atoms in total. The molecule has 4 heterocycles. The predicted octanol–water partition coefficient (Wildman–Crippen LogP) is 2.17. The van der Waals surface area contributed by atoms with Crippen LogP contribution in [-0.2, 0) is 22.7 Å². The molecule has 9 heteroatoms. The van der Waals surface area contributed by atoms with Crippen LogP contribution in [0.2, 0.25) is 0 Å². The molecule has 3 aliphatic rings. The first-order chi connectivity index (χ1) is 17.5. The monoisotopic (exact) mass is 483 g/mol. The Hall–Kier alpha value is -4.11. The first-order valence-corrected chi connectivity index (χ1v) is 12.1. The molecule has 1 atom stereocenters. The van der Waals surface area contributed by atoms with E-state index in [2.05, 4.69) is 20.2 Å². The van der Waals surface area contributed by atoms with Gasteiger partial charge in [-0.05, 0) is 30.2 Å². The Morgan fingerprint density at radius 3 is 2.58 bits per heavy atom. The van der Waals surface area contributed by atoms with Gasteiger partial charge in [-0.2, -0.15) is 0 Å². The van der Waals surface area contributed by atoms with Gasteiger partial charge in [0.15, 0.2) is 0 Å². The van der Waals surface area contributed by atoms with E-state index in [1.54, 1.807) is 17.0 Å². The van der Waals surface area contributed by atoms with Crippen molar-refractivity contribution < 1.29 is 19.1 Å². The highest BCUT2D eigenvalue weighted by atomic mass is 16.5. The Balaban J connectivity index is 1.02. The van der Waals surface area contributed by atoms with E-state index in [1.807, 2.05) is 48.8 Å². The Kier molecular flexibility index (Phi) is 5.69. The van der Waals surface area contributed by atoms with E-state index in [9.17, 15) is 14.4 Å². The quantitative estimate of drug-likeness (QED) is 0.536. The molecule has 1 aromatic heterocycles.